The summed E-state index contributed by atoms with van der Waals surface area (Å²) < 4.78 is 0. The number of nitrogens with one attached hydrogen (secondary N) is 2. The molecule has 3 N–H and O–H groups in total. The summed E-state index contributed by atoms with van der Waals surface area (Å²) in [4.78, 5) is 46.9. The fourth-order valence-corrected chi connectivity index (χ4v) is 6.14. The lowest BCUT2D eigenvalue weighted by atomic mass is 9.83. The van der Waals surface area contributed by atoms with Crippen molar-refractivity contribution in [3.63, 3.8) is 0 Å². The maximum atomic E-state index is 13.7. The first-order chi connectivity index (χ1) is 19.4. The molecule has 1 saturated heterocycles. The Bertz CT molecular complexity index is 1250. The van der Waals surface area contributed by atoms with Crippen LogP contribution in [-0.2, 0) is 9.59 Å². The summed E-state index contributed by atoms with van der Waals surface area (Å²) in [6, 6.07) is 15.0. The van der Waals surface area contributed by atoms with Crippen molar-refractivity contribution in [2.75, 3.05) is 34.8 Å². The van der Waals surface area contributed by atoms with Crippen LogP contribution in [0.4, 0.5) is 21.9 Å². The van der Waals surface area contributed by atoms with E-state index in [9.17, 15) is 19.5 Å². The van der Waals surface area contributed by atoms with Gasteiger partial charge >= 0.3 is 12.0 Å². The Hall–Kier alpha value is -3.88. The number of hydrogen-bond acceptors (Lipinski definition) is 5. The number of aliphatic carboxylic acids is 1. The number of carboxylic acid groups (broad SMARTS) is 1. The number of aliphatic imine (C=N–C) groups is 1. The Morgan fingerprint density at radius 3 is 2.35 bits per heavy atom. The number of benzene rings is 2. The first kappa shape index (κ1) is 27.7. The smallest absolute Gasteiger partial charge is 0.321 e. The molecule has 9 nitrogen and oxygen atoms in total. The van der Waals surface area contributed by atoms with E-state index in [2.05, 4.69) is 15.5 Å². The van der Waals surface area contributed by atoms with E-state index in [1.54, 1.807) is 4.90 Å². The SMILES string of the molecule is CCCN1C(=O)C(NC(=O)Nc2ccc(N3CCC(C(=O)O)CC3)cc2)N=C(C2CCCCC2)c2ccccc21. The Labute approximate surface area is 235 Å². The van der Waals surface area contributed by atoms with E-state index in [1.165, 1.54) is 6.42 Å². The summed E-state index contributed by atoms with van der Waals surface area (Å²) in [7, 11) is 0. The molecule has 2 heterocycles. The van der Waals surface area contributed by atoms with Gasteiger partial charge in [-0.05, 0) is 62.4 Å². The molecule has 0 radical (unpaired) electrons. The number of carboxylic acids is 1. The lowest BCUT2D eigenvalue weighted by Gasteiger charge is -2.32. The Kier molecular flexibility index (Phi) is 8.67. The molecule has 40 heavy (non-hydrogen) atoms. The molecule has 9 heteroatoms. The van der Waals surface area contributed by atoms with Gasteiger partial charge in [-0.1, -0.05) is 44.4 Å². The lowest BCUT2D eigenvalue weighted by Crippen LogP contribution is -2.48. The van der Waals surface area contributed by atoms with Crippen LogP contribution in [-0.4, -0.2) is 54.5 Å². The second-order valence-corrected chi connectivity index (χ2v) is 11.0. The van der Waals surface area contributed by atoms with Gasteiger partial charge in [0.1, 0.15) is 0 Å². The quantitative estimate of drug-likeness (QED) is 0.439. The van der Waals surface area contributed by atoms with Gasteiger partial charge in [0.05, 0.1) is 17.3 Å². The van der Waals surface area contributed by atoms with Gasteiger partial charge in [-0.15, -0.1) is 0 Å². The minimum Gasteiger partial charge on any atom is -0.481 e. The molecule has 3 amide bonds. The second-order valence-electron chi connectivity index (χ2n) is 11.0. The van der Waals surface area contributed by atoms with Crippen molar-refractivity contribution in [2.24, 2.45) is 16.8 Å². The molecule has 1 unspecified atom stereocenters. The van der Waals surface area contributed by atoms with E-state index in [-0.39, 0.29) is 17.7 Å². The fraction of sp³-hybridized carbons (Fsp3) is 0.484. The van der Waals surface area contributed by atoms with Gasteiger partial charge in [0.25, 0.3) is 5.91 Å². The molecule has 0 aromatic heterocycles. The number of benzodiazepines with no additional fused rings is 1. The number of urea groups is 1. The highest BCUT2D eigenvalue weighted by Crippen LogP contribution is 2.34. The predicted octanol–water partition coefficient (Wildman–Crippen LogP) is 5.26. The van der Waals surface area contributed by atoms with Crippen molar-refractivity contribution in [1.29, 1.82) is 0 Å². The van der Waals surface area contributed by atoms with Crippen molar-refractivity contribution in [3.05, 3.63) is 54.1 Å². The summed E-state index contributed by atoms with van der Waals surface area (Å²) in [6.07, 6.45) is 6.60. The van der Waals surface area contributed by atoms with Gasteiger partial charge in [0.2, 0.25) is 6.17 Å². The summed E-state index contributed by atoms with van der Waals surface area (Å²) in [6.45, 7) is 3.96. The maximum absolute atomic E-state index is 13.7. The van der Waals surface area contributed by atoms with Crippen LogP contribution in [0.3, 0.4) is 0 Å². The van der Waals surface area contributed by atoms with Crippen LogP contribution in [0.25, 0.3) is 0 Å². The normalized spacial score (nSPS) is 20.4. The minimum absolute atomic E-state index is 0.227. The molecular weight excluding hydrogens is 506 g/mol. The van der Waals surface area contributed by atoms with E-state index in [0.29, 0.717) is 38.2 Å². The summed E-state index contributed by atoms with van der Waals surface area (Å²) >= 11 is 0. The highest BCUT2D eigenvalue weighted by atomic mass is 16.4. The lowest BCUT2D eigenvalue weighted by molar-refractivity contribution is -0.142. The second kappa shape index (κ2) is 12.5. The van der Waals surface area contributed by atoms with Crippen molar-refractivity contribution in [1.82, 2.24) is 5.32 Å². The summed E-state index contributed by atoms with van der Waals surface area (Å²) in [5.74, 6) is -0.968. The van der Waals surface area contributed by atoms with Crippen LogP contribution in [0.2, 0.25) is 0 Å². The molecule has 2 aliphatic heterocycles. The zero-order chi connectivity index (χ0) is 28.1. The van der Waals surface area contributed by atoms with E-state index >= 15 is 0 Å². The summed E-state index contributed by atoms with van der Waals surface area (Å²) in [5.41, 5.74) is 4.37. The van der Waals surface area contributed by atoms with Crippen LogP contribution in [0.1, 0.15) is 63.9 Å². The largest absolute Gasteiger partial charge is 0.481 e. The van der Waals surface area contributed by atoms with Crippen molar-refractivity contribution in [3.8, 4) is 0 Å². The first-order valence-electron chi connectivity index (χ1n) is 14.6. The van der Waals surface area contributed by atoms with Gasteiger partial charge in [0.15, 0.2) is 0 Å². The van der Waals surface area contributed by atoms with Crippen LogP contribution in [0, 0.1) is 11.8 Å². The molecule has 1 saturated carbocycles. The molecule has 2 aromatic carbocycles. The van der Waals surface area contributed by atoms with Crippen LogP contribution in [0.5, 0.6) is 0 Å². The number of anilines is 3. The number of hydrogen-bond donors (Lipinski definition) is 3. The molecule has 2 fully saturated rings. The number of carbonyl (C=O) groups excluding carboxylic acids is 2. The van der Waals surface area contributed by atoms with Gasteiger partial charge in [-0.3, -0.25) is 14.6 Å². The molecule has 1 atom stereocenters. The number of rotatable bonds is 7. The average molecular weight is 546 g/mol. The number of fused-ring (bicyclic) bond motifs is 1. The molecule has 0 spiro atoms. The third-order valence-corrected chi connectivity index (χ3v) is 8.28. The zero-order valence-corrected chi connectivity index (χ0v) is 23.1. The highest BCUT2D eigenvalue weighted by molar-refractivity contribution is 6.14. The summed E-state index contributed by atoms with van der Waals surface area (Å²) in [5, 5.41) is 14.9. The molecular formula is C31H39N5O4. The Balaban J connectivity index is 1.31. The fourth-order valence-electron chi connectivity index (χ4n) is 6.14. The van der Waals surface area contributed by atoms with Gasteiger partial charge in [0, 0.05) is 42.5 Å². The third kappa shape index (κ3) is 6.13. The zero-order valence-electron chi connectivity index (χ0n) is 23.1. The standard InChI is InChI=1S/C31H39N5O4/c1-2-18-36-26-11-7-6-10-25(26)27(21-8-4-3-5-9-21)33-28(29(36)37)34-31(40)32-23-12-14-24(15-13-23)35-19-16-22(17-20-35)30(38)39/h6-7,10-15,21-22,28H,2-5,8-9,16-20H2,1H3,(H,38,39)(H2,32,34,40). The van der Waals surface area contributed by atoms with E-state index in [0.717, 1.165) is 54.8 Å². The third-order valence-electron chi connectivity index (χ3n) is 8.28. The van der Waals surface area contributed by atoms with E-state index in [1.807, 2.05) is 55.5 Å². The number of piperidine rings is 1. The monoisotopic (exact) mass is 545 g/mol. The minimum atomic E-state index is -1.01. The number of para-hydroxylation sites is 1. The molecule has 1 aliphatic carbocycles. The van der Waals surface area contributed by atoms with Gasteiger partial charge in [-0.25, -0.2) is 4.79 Å². The number of carbonyl (C=O) groups is 3. The van der Waals surface area contributed by atoms with Crippen LogP contribution in [0.15, 0.2) is 53.5 Å². The number of nitrogens with zero attached hydrogens (tertiary/aromatic N) is 3. The molecule has 0 bridgehead atoms. The number of amides is 3. The van der Waals surface area contributed by atoms with Crippen LogP contribution < -0.4 is 20.4 Å². The average Bonchev–Trinajstić information content (AvgIpc) is 3.09. The maximum Gasteiger partial charge on any atom is 0.321 e. The molecule has 3 aliphatic rings. The van der Waals surface area contributed by atoms with Crippen molar-refractivity contribution >= 4 is 40.7 Å². The van der Waals surface area contributed by atoms with E-state index < -0.39 is 18.2 Å². The molecule has 212 valence electrons. The Morgan fingerprint density at radius 1 is 0.975 bits per heavy atom. The molecule has 2 aromatic rings. The topological polar surface area (TPSA) is 114 Å². The first-order valence-corrected chi connectivity index (χ1v) is 14.6. The van der Waals surface area contributed by atoms with Crippen molar-refractivity contribution in [2.45, 2.75) is 64.5 Å². The van der Waals surface area contributed by atoms with Gasteiger partial charge in [-0.2, -0.15) is 0 Å². The predicted molar refractivity (Wildman–Crippen MR) is 157 cm³/mol. The Morgan fingerprint density at radius 2 is 1.68 bits per heavy atom. The molecule has 5 rings (SSSR count). The van der Waals surface area contributed by atoms with E-state index in [4.69, 9.17) is 4.99 Å². The van der Waals surface area contributed by atoms with Gasteiger partial charge < -0.3 is 25.5 Å². The van der Waals surface area contributed by atoms with Crippen LogP contribution >= 0.6 is 0 Å². The van der Waals surface area contributed by atoms with Crippen molar-refractivity contribution < 1.29 is 19.5 Å². The highest BCUT2D eigenvalue weighted by Gasteiger charge is 2.34.